The van der Waals surface area contributed by atoms with Crippen molar-refractivity contribution < 1.29 is 12.8 Å². The van der Waals surface area contributed by atoms with E-state index in [-0.39, 0.29) is 4.90 Å². The first kappa shape index (κ1) is 19.7. The van der Waals surface area contributed by atoms with Crippen molar-refractivity contribution in [2.75, 3.05) is 45.2 Å². The third-order valence-corrected chi connectivity index (χ3v) is 7.01. The van der Waals surface area contributed by atoms with Gasteiger partial charge in [0.15, 0.2) is 0 Å². The fourth-order valence-corrected chi connectivity index (χ4v) is 4.71. The van der Waals surface area contributed by atoms with Crippen LogP contribution in [0.2, 0.25) is 0 Å². The number of piperazine rings is 1. The number of rotatable bonds is 4. The molecule has 1 fully saturated rings. The van der Waals surface area contributed by atoms with E-state index in [1.54, 1.807) is 0 Å². The van der Waals surface area contributed by atoms with E-state index in [1.165, 1.54) is 16.4 Å². The molecule has 0 unspecified atom stereocenters. The summed E-state index contributed by atoms with van der Waals surface area (Å²) < 4.78 is 39.9. The lowest BCUT2D eigenvalue weighted by molar-refractivity contribution is 0.269. The number of anilines is 1. The average Bonchev–Trinajstić information content (AvgIpc) is 2.68. The maximum Gasteiger partial charge on any atom is 0.243 e. The van der Waals surface area contributed by atoms with Gasteiger partial charge in [-0.2, -0.15) is 4.31 Å². The molecule has 8 heteroatoms. The largest absolute Gasteiger partial charge is 0.378 e. The summed E-state index contributed by atoms with van der Waals surface area (Å²) >= 11 is 5.59. The summed E-state index contributed by atoms with van der Waals surface area (Å²) in [4.78, 5) is 4.88. The van der Waals surface area contributed by atoms with Crippen LogP contribution in [0.15, 0.2) is 53.4 Å². The number of hydrogen-bond donors (Lipinski definition) is 0. The second-order valence-corrected chi connectivity index (χ2v) is 8.92. The molecule has 0 aliphatic carbocycles. The third kappa shape index (κ3) is 4.28. The first-order valence-electron chi connectivity index (χ1n) is 8.61. The zero-order valence-electron chi connectivity index (χ0n) is 15.3. The second kappa shape index (κ2) is 7.92. The minimum Gasteiger partial charge on any atom is -0.378 e. The zero-order chi connectivity index (χ0) is 19.6. The van der Waals surface area contributed by atoms with Gasteiger partial charge >= 0.3 is 0 Å². The lowest BCUT2D eigenvalue weighted by Gasteiger charge is -2.35. The smallest absolute Gasteiger partial charge is 0.243 e. The van der Waals surface area contributed by atoms with E-state index in [9.17, 15) is 12.8 Å². The topological polar surface area (TPSA) is 43.9 Å². The van der Waals surface area contributed by atoms with Gasteiger partial charge in [0.1, 0.15) is 10.8 Å². The normalized spacial score (nSPS) is 15.6. The predicted molar refractivity (Wildman–Crippen MR) is 109 cm³/mol. The molecule has 0 bridgehead atoms. The molecule has 144 valence electrons. The molecule has 0 saturated carbocycles. The van der Waals surface area contributed by atoms with E-state index in [1.807, 2.05) is 48.2 Å². The lowest BCUT2D eigenvalue weighted by atomic mass is 10.1. The fraction of sp³-hybridized carbons (Fsp3) is 0.316. The van der Waals surface area contributed by atoms with Crippen LogP contribution >= 0.6 is 12.2 Å². The number of hydrogen-bond acceptors (Lipinski definition) is 4. The first-order chi connectivity index (χ1) is 12.8. The summed E-state index contributed by atoms with van der Waals surface area (Å²) in [5.74, 6) is -0.454. The van der Waals surface area contributed by atoms with E-state index >= 15 is 0 Å². The van der Waals surface area contributed by atoms with E-state index < -0.39 is 15.8 Å². The van der Waals surface area contributed by atoms with Crippen LogP contribution in [0.3, 0.4) is 0 Å². The SMILES string of the molecule is CN(C)c1ccc(C(=S)N2CCN(S(=O)(=O)c3ccc(F)cc3)CC2)cc1. The molecule has 0 aromatic heterocycles. The molecule has 1 heterocycles. The number of halogens is 1. The van der Waals surface area contributed by atoms with E-state index in [4.69, 9.17) is 12.2 Å². The van der Waals surface area contributed by atoms with Gasteiger partial charge in [0, 0.05) is 51.5 Å². The molecule has 2 aromatic carbocycles. The van der Waals surface area contributed by atoms with E-state index in [0.717, 1.165) is 28.4 Å². The van der Waals surface area contributed by atoms with Gasteiger partial charge in [-0.3, -0.25) is 0 Å². The van der Waals surface area contributed by atoms with Gasteiger partial charge < -0.3 is 9.80 Å². The Morgan fingerprint density at radius 2 is 1.52 bits per heavy atom. The Hall–Kier alpha value is -2.03. The number of benzene rings is 2. The van der Waals surface area contributed by atoms with Gasteiger partial charge in [0.2, 0.25) is 10.0 Å². The summed E-state index contributed by atoms with van der Waals surface area (Å²) in [5.41, 5.74) is 2.04. The van der Waals surface area contributed by atoms with Crippen molar-refractivity contribution in [2.24, 2.45) is 0 Å². The van der Waals surface area contributed by atoms with Gasteiger partial charge in [-0.05, 0) is 48.5 Å². The highest BCUT2D eigenvalue weighted by molar-refractivity contribution is 7.89. The summed E-state index contributed by atoms with van der Waals surface area (Å²) in [5, 5.41) is 0. The molecule has 0 radical (unpaired) electrons. The van der Waals surface area contributed by atoms with Crippen LogP contribution in [0.1, 0.15) is 5.56 Å². The Morgan fingerprint density at radius 1 is 0.963 bits per heavy atom. The summed E-state index contributed by atoms with van der Waals surface area (Å²) in [7, 11) is 0.344. The Labute approximate surface area is 165 Å². The molecule has 1 saturated heterocycles. The molecule has 0 spiro atoms. The van der Waals surface area contributed by atoms with Crippen LogP contribution in [0.5, 0.6) is 0 Å². The molecule has 3 rings (SSSR count). The highest BCUT2D eigenvalue weighted by Crippen LogP contribution is 2.20. The van der Waals surface area contributed by atoms with Crippen molar-refractivity contribution in [1.82, 2.24) is 9.21 Å². The Kier molecular flexibility index (Phi) is 5.78. The van der Waals surface area contributed by atoms with E-state index in [2.05, 4.69) is 0 Å². The number of thiocarbonyl (C=S) groups is 1. The summed E-state index contributed by atoms with van der Waals surface area (Å²) in [6.45, 7) is 1.73. The van der Waals surface area contributed by atoms with Crippen molar-refractivity contribution in [3.05, 3.63) is 59.9 Å². The molecular formula is C19H22FN3O2S2. The minimum atomic E-state index is -3.62. The van der Waals surface area contributed by atoms with Crippen LogP contribution < -0.4 is 4.90 Å². The van der Waals surface area contributed by atoms with Gasteiger partial charge in [-0.15, -0.1) is 0 Å². The Bertz CT molecular complexity index is 905. The van der Waals surface area contributed by atoms with Crippen LogP contribution in [-0.2, 0) is 10.0 Å². The number of nitrogens with zero attached hydrogens (tertiary/aromatic N) is 3. The Balaban J connectivity index is 1.66. The molecule has 2 aromatic rings. The molecule has 0 amide bonds. The van der Waals surface area contributed by atoms with Crippen LogP contribution in [0.4, 0.5) is 10.1 Å². The van der Waals surface area contributed by atoms with Crippen molar-refractivity contribution in [1.29, 1.82) is 0 Å². The van der Waals surface area contributed by atoms with Crippen LogP contribution in [0.25, 0.3) is 0 Å². The maximum absolute atomic E-state index is 13.1. The highest BCUT2D eigenvalue weighted by atomic mass is 32.2. The average molecular weight is 408 g/mol. The fourth-order valence-electron chi connectivity index (χ4n) is 2.97. The monoisotopic (exact) mass is 407 g/mol. The van der Waals surface area contributed by atoms with Crippen molar-refractivity contribution in [2.45, 2.75) is 4.90 Å². The standard InChI is InChI=1S/C19H22FN3O2S2/c1-21(2)17-7-3-15(4-8-17)19(26)22-11-13-23(14-12-22)27(24,25)18-9-5-16(20)6-10-18/h3-10H,11-14H2,1-2H3. The summed E-state index contributed by atoms with van der Waals surface area (Å²) in [6.07, 6.45) is 0. The van der Waals surface area contributed by atoms with Gasteiger partial charge in [-0.25, -0.2) is 12.8 Å². The summed E-state index contributed by atoms with van der Waals surface area (Å²) in [6, 6.07) is 12.9. The first-order valence-corrected chi connectivity index (χ1v) is 10.5. The minimum absolute atomic E-state index is 0.110. The quantitative estimate of drug-likeness (QED) is 0.729. The van der Waals surface area contributed by atoms with Crippen molar-refractivity contribution in [3.8, 4) is 0 Å². The Morgan fingerprint density at radius 3 is 2.04 bits per heavy atom. The van der Waals surface area contributed by atoms with E-state index in [0.29, 0.717) is 26.2 Å². The van der Waals surface area contributed by atoms with Crippen LogP contribution in [0, 0.1) is 5.82 Å². The molecule has 27 heavy (non-hydrogen) atoms. The number of sulfonamides is 1. The van der Waals surface area contributed by atoms with Gasteiger partial charge in [-0.1, -0.05) is 12.2 Å². The molecule has 1 aliphatic heterocycles. The zero-order valence-corrected chi connectivity index (χ0v) is 16.9. The molecule has 0 atom stereocenters. The molecule has 5 nitrogen and oxygen atoms in total. The van der Waals surface area contributed by atoms with Crippen molar-refractivity contribution >= 4 is 32.9 Å². The highest BCUT2D eigenvalue weighted by Gasteiger charge is 2.29. The molecular weight excluding hydrogens is 385 g/mol. The second-order valence-electron chi connectivity index (χ2n) is 6.59. The third-order valence-electron chi connectivity index (χ3n) is 4.61. The lowest BCUT2D eigenvalue weighted by Crippen LogP contribution is -2.50. The van der Waals surface area contributed by atoms with Crippen molar-refractivity contribution in [3.63, 3.8) is 0 Å². The van der Waals surface area contributed by atoms with Gasteiger partial charge in [0.25, 0.3) is 0 Å². The predicted octanol–water partition coefficient (Wildman–Crippen LogP) is 2.57. The van der Waals surface area contributed by atoms with Gasteiger partial charge in [0.05, 0.1) is 4.90 Å². The van der Waals surface area contributed by atoms with Crippen LogP contribution in [-0.4, -0.2) is 62.9 Å². The molecule has 1 aliphatic rings. The maximum atomic E-state index is 13.1. The molecule has 0 N–H and O–H groups in total.